The van der Waals surface area contributed by atoms with E-state index in [9.17, 15) is 10.1 Å². The molecule has 0 aliphatic rings. The molecule has 0 radical (unpaired) electrons. The highest BCUT2D eigenvalue weighted by Gasteiger charge is 2.18. The molecule has 5 nitrogen and oxygen atoms in total. The standard InChI is InChI=1S/C15H16N2O3/c1-10-6-4-5-7-14(10)20-9-13-12(3)15(17(18)19)11(2)8-16-13/h4-8H,9H2,1-3H3. The van der Waals surface area contributed by atoms with Crippen LogP contribution in [0.15, 0.2) is 30.5 Å². The van der Waals surface area contributed by atoms with Crippen molar-refractivity contribution in [1.82, 2.24) is 4.98 Å². The third kappa shape index (κ3) is 2.77. The zero-order valence-corrected chi connectivity index (χ0v) is 11.7. The van der Waals surface area contributed by atoms with Crippen molar-refractivity contribution in [2.75, 3.05) is 0 Å². The van der Waals surface area contributed by atoms with Crippen LogP contribution in [-0.2, 0) is 6.61 Å². The topological polar surface area (TPSA) is 65.3 Å². The molecule has 5 heteroatoms. The van der Waals surface area contributed by atoms with Gasteiger partial charge in [0.15, 0.2) is 0 Å². The van der Waals surface area contributed by atoms with Gasteiger partial charge in [-0.25, -0.2) is 0 Å². The Morgan fingerprint density at radius 3 is 2.55 bits per heavy atom. The van der Waals surface area contributed by atoms with Gasteiger partial charge in [-0.1, -0.05) is 18.2 Å². The highest BCUT2D eigenvalue weighted by Crippen LogP contribution is 2.25. The Labute approximate surface area is 117 Å². The Bertz CT molecular complexity index is 654. The zero-order valence-electron chi connectivity index (χ0n) is 11.7. The predicted octanol–water partition coefficient (Wildman–Crippen LogP) is 3.49. The number of para-hydroxylation sites is 1. The van der Waals surface area contributed by atoms with E-state index in [1.54, 1.807) is 13.8 Å². The van der Waals surface area contributed by atoms with Crippen LogP contribution in [0.5, 0.6) is 5.75 Å². The summed E-state index contributed by atoms with van der Waals surface area (Å²) in [6.45, 7) is 5.56. The van der Waals surface area contributed by atoms with Crippen molar-refractivity contribution < 1.29 is 9.66 Å². The van der Waals surface area contributed by atoms with Crippen LogP contribution in [0.1, 0.15) is 22.4 Å². The van der Waals surface area contributed by atoms with E-state index in [4.69, 9.17) is 4.74 Å². The molecule has 0 saturated heterocycles. The first kappa shape index (κ1) is 14.0. The van der Waals surface area contributed by atoms with Gasteiger partial charge in [-0.15, -0.1) is 0 Å². The second kappa shape index (κ2) is 5.69. The molecule has 0 fully saturated rings. The molecular weight excluding hydrogens is 256 g/mol. The summed E-state index contributed by atoms with van der Waals surface area (Å²) in [5.41, 5.74) is 2.84. The lowest BCUT2D eigenvalue weighted by molar-refractivity contribution is -0.386. The van der Waals surface area contributed by atoms with Crippen molar-refractivity contribution in [3.8, 4) is 5.75 Å². The Hall–Kier alpha value is -2.43. The molecule has 0 atom stereocenters. The quantitative estimate of drug-likeness (QED) is 0.631. The van der Waals surface area contributed by atoms with Gasteiger partial charge in [-0.3, -0.25) is 15.1 Å². The van der Waals surface area contributed by atoms with E-state index in [0.717, 1.165) is 11.3 Å². The van der Waals surface area contributed by atoms with E-state index >= 15 is 0 Å². The number of rotatable bonds is 4. The molecule has 1 heterocycles. The average Bonchev–Trinajstić information content (AvgIpc) is 2.39. The van der Waals surface area contributed by atoms with Crippen molar-refractivity contribution in [1.29, 1.82) is 0 Å². The highest BCUT2D eigenvalue weighted by molar-refractivity contribution is 5.47. The molecule has 2 aromatic rings. The summed E-state index contributed by atoms with van der Waals surface area (Å²) in [5.74, 6) is 0.761. The van der Waals surface area contributed by atoms with Crippen molar-refractivity contribution >= 4 is 5.69 Å². The fourth-order valence-electron chi connectivity index (χ4n) is 2.06. The molecule has 0 N–H and O–H groups in total. The molecule has 0 aliphatic carbocycles. The van der Waals surface area contributed by atoms with Gasteiger partial charge in [0, 0.05) is 11.8 Å². The number of ether oxygens (including phenoxy) is 1. The van der Waals surface area contributed by atoms with Gasteiger partial charge >= 0.3 is 0 Å². The summed E-state index contributed by atoms with van der Waals surface area (Å²) < 4.78 is 5.69. The molecule has 1 aromatic carbocycles. The monoisotopic (exact) mass is 272 g/mol. The van der Waals surface area contributed by atoms with Crippen LogP contribution in [0.25, 0.3) is 0 Å². The number of aryl methyl sites for hydroxylation is 2. The van der Waals surface area contributed by atoms with Crippen LogP contribution >= 0.6 is 0 Å². The second-order valence-electron chi connectivity index (χ2n) is 4.67. The molecule has 0 aliphatic heterocycles. The zero-order chi connectivity index (χ0) is 14.7. The normalized spacial score (nSPS) is 10.3. The number of nitro groups is 1. The summed E-state index contributed by atoms with van der Waals surface area (Å²) in [6, 6.07) is 7.64. The lowest BCUT2D eigenvalue weighted by Crippen LogP contribution is -2.06. The molecule has 1 aromatic heterocycles. The minimum atomic E-state index is -0.371. The van der Waals surface area contributed by atoms with Crippen LogP contribution < -0.4 is 4.74 Å². The van der Waals surface area contributed by atoms with Crippen LogP contribution in [0, 0.1) is 30.9 Å². The first-order valence-electron chi connectivity index (χ1n) is 6.28. The molecule has 0 amide bonds. The smallest absolute Gasteiger partial charge is 0.278 e. The number of aromatic nitrogens is 1. The molecule has 0 unspecified atom stereocenters. The van der Waals surface area contributed by atoms with Crippen molar-refractivity contribution in [2.45, 2.75) is 27.4 Å². The Kier molecular flexibility index (Phi) is 3.98. The summed E-state index contributed by atoms with van der Waals surface area (Å²) >= 11 is 0. The average molecular weight is 272 g/mol. The molecule has 104 valence electrons. The Balaban J connectivity index is 2.25. The lowest BCUT2D eigenvalue weighted by atomic mass is 10.1. The van der Waals surface area contributed by atoms with Crippen molar-refractivity contribution in [3.05, 3.63) is 63.0 Å². The predicted molar refractivity (Wildman–Crippen MR) is 75.9 cm³/mol. The molecule has 0 bridgehead atoms. The molecule has 20 heavy (non-hydrogen) atoms. The van der Waals surface area contributed by atoms with E-state index in [1.807, 2.05) is 31.2 Å². The number of nitrogens with zero attached hydrogens (tertiary/aromatic N) is 2. The fourth-order valence-corrected chi connectivity index (χ4v) is 2.06. The van der Waals surface area contributed by atoms with Gasteiger partial charge in [0.05, 0.1) is 16.2 Å². The van der Waals surface area contributed by atoms with Gasteiger partial charge in [0.1, 0.15) is 12.4 Å². The van der Waals surface area contributed by atoms with Gasteiger partial charge in [-0.2, -0.15) is 0 Å². The maximum Gasteiger partial charge on any atom is 0.278 e. The molecule has 2 rings (SSSR count). The number of hydrogen-bond acceptors (Lipinski definition) is 4. The maximum absolute atomic E-state index is 11.1. The molecule has 0 saturated carbocycles. The number of benzene rings is 1. The van der Waals surface area contributed by atoms with E-state index < -0.39 is 0 Å². The van der Waals surface area contributed by atoms with E-state index in [2.05, 4.69) is 4.98 Å². The van der Waals surface area contributed by atoms with E-state index in [0.29, 0.717) is 16.8 Å². The summed E-state index contributed by atoms with van der Waals surface area (Å²) in [5, 5.41) is 11.1. The van der Waals surface area contributed by atoms with Gasteiger partial charge in [0.25, 0.3) is 5.69 Å². The largest absolute Gasteiger partial charge is 0.487 e. The van der Waals surface area contributed by atoms with E-state index in [-0.39, 0.29) is 17.2 Å². The maximum atomic E-state index is 11.1. The van der Waals surface area contributed by atoms with Crippen LogP contribution in [0.2, 0.25) is 0 Å². The van der Waals surface area contributed by atoms with Crippen LogP contribution in [0.4, 0.5) is 5.69 Å². The number of hydrogen-bond donors (Lipinski definition) is 0. The summed E-state index contributed by atoms with van der Waals surface area (Å²) in [4.78, 5) is 14.9. The first-order valence-corrected chi connectivity index (χ1v) is 6.28. The molecule has 0 spiro atoms. The van der Waals surface area contributed by atoms with Crippen LogP contribution in [-0.4, -0.2) is 9.91 Å². The minimum absolute atomic E-state index is 0.114. The Morgan fingerprint density at radius 2 is 1.90 bits per heavy atom. The Morgan fingerprint density at radius 1 is 1.20 bits per heavy atom. The first-order chi connectivity index (χ1) is 9.50. The molecular formula is C15H16N2O3. The SMILES string of the molecule is Cc1ccccc1OCc1ncc(C)c([N+](=O)[O-])c1C. The highest BCUT2D eigenvalue weighted by atomic mass is 16.6. The minimum Gasteiger partial charge on any atom is -0.487 e. The summed E-state index contributed by atoms with van der Waals surface area (Å²) in [7, 11) is 0. The van der Waals surface area contributed by atoms with E-state index in [1.165, 1.54) is 6.20 Å². The third-order valence-corrected chi connectivity index (χ3v) is 3.22. The second-order valence-corrected chi connectivity index (χ2v) is 4.67. The van der Waals surface area contributed by atoms with Gasteiger partial charge < -0.3 is 4.74 Å². The number of pyridine rings is 1. The summed E-state index contributed by atoms with van der Waals surface area (Å²) in [6.07, 6.45) is 1.52. The van der Waals surface area contributed by atoms with Crippen molar-refractivity contribution in [3.63, 3.8) is 0 Å². The van der Waals surface area contributed by atoms with Gasteiger partial charge in [0.2, 0.25) is 0 Å². The third-order valence-electron chi connectivity index (χ3n) is 3.22. The fraction of sp³-hybridized carbons (Fsp3) is 0.267. The van der Waals surface area contributed by atoms with Gasteiger partial charge in [-0.05, 0) is 32.4 Å². The van der Waals surface area contributed by atoms with Crippen molar-refractivity contribution in [2.24, 2.45) is 0 Å². The van der Waals surface area contributed by atoms with Crippen LogP contribution in [0.3, 0.4) is 0 Å². The lowest BCUT2D eigenvalue weighted by Gasteiger charge is -2.11.